The molecule has 1 aliphatic carbocycles. The summed E-state index contributed by atoms with van der Waals surface area (Å²) in [5.74, 6) is 0.761. The average molecular weight is 543 g/mol. The molecule has 0 unspecified atom stereocenters. The quantitative estimate of drug-likeness (QED) is 0.280. The van der Waals surface area contributed by atoms with Gasteiger partial charge in [-0.25, -0.2) is 4.99 Å². The van der Waals surface area contributed by atoms with Gasteiger partial charge in [0.05, 0.1) is 19.8 Å². The number of carbonyl (C=O) groups excluding carboxylic acids is 1. The van der Waals surface area contributed by atoms with Gasteiger partial charge in [0.15, 0.2) is 5.96 Å². The third-order valence-corrected chi connectivity index (χ3v) is 6.23. The van der Waals surface area contributed by atoms with Gasteiger partial charge in [0.1, 0.15) is 0 Å². The topological polar surface area (TPSA) is 78.0 Å². The van der Waals surface area contributed by atoms with Crippen LogP contribution in [0.1, 0.15) is 54.9 Å². The minimum absolute atomic E-state index is 0. The number of carbonyl (C=O) groups is 1. The maximum atomic E-state index is 11.9. The minimum Gasteiger partial charge on any atom is -0.379 e. The SMILES string of the molecule is CCNC(=NCc1cccc(C(=O)NC)c1)NCC1(N2CCOCC2)CCCCC1.I. The Balaban J connectivity index is 0.00000341. The van der Waals surface area contributed by atoms with Crippen molar-refractivity contribution in [3.05, 3.63) is 35.4 Å². The smallest absolute Gasteiger partial charge is 0.251 e. The van der Waals surface area contributed by atoms with E-state index in [1.165, 1.54) is 32.1 Å². The molecule has 1 saturated heterocycles. The summed E-state index contributed by atoms with van der Waals surface area (Å²) < 4.78 is 5.60. The van der Waals surface area contributed by atoms with Crippen LogP contribution in [0.25, 0.3) is 0 Å². The van der Waals surface area contributed by atoms with Gasteiger partial charge >= 0.3 is 0 Å². The summed E-state index contributed by atoms with van der Waals surface area (Å²) in [6, 6.07) is 7.65. The van der Waals surface area contributed by atoms with Crippen LogP contribution in [0, 0.1) is 0 Å². The molecular formula is C23H38IN5O2. The lowest BCUT2D eigenvalue weighted by atomic mass is 9.80. The fraction of sp³-hybridized carbons (Fsp3) is 0.652. The zero-order valence-electron chi connectivity index (χ0n) is 18.9. The van der Waals surface area contributed by atoms with Gasteiger partial charge in [0, 0.05) is 44.3 Å². The molecule has 1 amide bonds. The Morgan fingerprint density at radius 3 is 2.58 bits per heavy atom. The van der Waals surface area contributed by atoms with E-state index < -0.39 is 0 Å². The van der Waals surface area contributed by atoms with E-state index in [1.54, 1.807) is 7.05 Å². The number of morpholine rings is 1. The van der Waals surface area contributed by atoms with Crippen molar-refractivity contribution in [2.75, 3.05) is 46.4 Å². The van der Waals surface area contributed by atoms with Crippen molar-refractivity contribution in [1.29, 1.82) is 0 Å². The standard InChI is InChI=1S/C23H37N5O2.HI/c1-3-25-22(26-17-19-8-7-9-20(16-19)21(29)24-2)27-18-23(10-5-4-6-11-23)28-12-14-30-15-13-28;/h7-9,16H,3-6,10-15,17-18H2,1-2H3,(H,24,29)(H2,25,26,27);1H. The van der Waals surface area contributed by atoms with E-state index in [2.05, 4.69) is 27.8 Å². The molecule has 2 aliphatic rings. The molecule has 3 rings (SSSR count). The normalized spacial score (nSPS) is 19.2. The predicted molar refractivity (Wildman–Crippen MR) is 136 cm³/mol. The van der Waals surface area contributed by atoms with E-state index in [-0.39, 0.29) is 35.4 Å². The van der Waals surface area contributed by atoms with Gasteiger partial charge in [-0.15, -0.1) is 24.0 Å². The Kier molecular flexibility index (Phi) is 11.0. The fourth-order valence-electron chi connectivity index (χ4n) is 4.57. The highest BCUT2D eigenvalue weighted by molar-refractivity contribution is 14.0. The van der Waals surface area contributed by atoms with Crippen LogP contribution in [0.4, 0.5) is 0 Å². The third-order valence-electron chi connectivity index (χ3n) is 6.23. The van der Waals surface area contributed by atoms with Crippen molar-refractivity contribution in [3.8, 4) is 0 Å². The van der Waals surface area contributed by atoms with Crippen molar-refractivity contribution in [2.45, 2.75) is 51.1 Å². The molecular weight excluding hydrogens is 505 g/mol. The summed E-state index contributed by atoms with van der Waals surface area (Å²) in [6.45, 7) is 8.02. The Morgan fingerprint density at radius 2 is 1.90 bits per heavy atom. The number of nitrogens with zero attached hydrogens (tertiary/aromatic N) is 2. The molecule has 0 atom stereocenters. The molecule has 1 aromatic carbocycles. The first-order chi connectivity index (χ1) is 14.7. The van der Waals surface area contributed by atoms with Crippen molar-refractivity contribution in [3.63, 3.8) is 0 Å². The van der Waals surface area contributed by atoms with Gasteiger partial charge in [-0.3, -0.25) is 9.69 Å². The number of benzene rings is 1. The van der Waals surface area contributed by atoms with Crippen LogP contribution < -0.4 is 16.0 Å². The van der Waals surface area contributed by atoms with Crippen LogP contribution in [0.3, 0.4) is 0 Å². The average Bonchev–Trinajstić information content (AvgIpc) is 2.81. The maximum absolute atomic E-state index is 11.9. The lowest BCUT2D eigenvalue weighted by molar-refractivity contribution is -0.0352. The summed E-state index contributed by atoms with van der Waals surface area (Å²) in [4.78, 5) is 19.3. The van der Waals surface area contributed by atoms with Crippen LogP contribution in [-0.2, 0) is 11.3 Å². The van der Waals surface area contributed by atoms with Crippen molar-refractivity contribution < 1.29 is 9.53 Å². The van der Waals surface area contributed by atoms with Gasteiger partial charge in [0.2, 0.25) is 0 Å². The zero-order valence-corrected chi connectivity index (χ0v) is 21.2. The van der Waals surface area contributed by atoms with Crippen LogP contribution in [0.2, 0.25) is 0 Å². The molecule has 8 heteroatoms. The lowest BCUT2D eigenvalue weighted by Crippen LogP contribution is -2.60. The van der Waals surface area contributed by atoms with Crippen molar-refractivity contribution in [2.24, 2.45) is 4.99 Å². The summed E-state index contributed by atoms with van der Waals surface area (Å²) in [6.07, 6.45) is 6.38. The number of hydrogen-bond acceptors (Lipinski definition) is 4. The van der Waals surface area contributed by atoms with Gasteiger partial charge in [-0.2, -0.15) is 0 Å². The first-order valence-electron chi connectivity index (χ1n) is 11.3. The fourth-order valence-corrected chi connectivity index (χ4v) is 4.57. The van der Waals surface area contributed by atoms with E-state index in [1.807, 2.05) is 24.3 Å². The molecule has 2 fully saturated rings. The summed E-state index contributed by atoms with van der Waals surface area (Å²) in [7, 11) is 1.65. The monoisotopic (exact) mass is 543 g/mol. The molecule has 1 saturated carbocycles. The van der Waals surface area contributed by atoms with Gasteiger partial charge in [-0.1, -0.05) is 31.4 Å². The highest BCUT2D eigenvalue weighted by Crippen LogP contribution is 2.33. The first kappa shape index (κ1) is 25.9. The molecule has 1 aromatic rings. The van der Waals surface area contributed by atoms with Crippen LogP contribution in [-0.4, -0.2) is 68.7 Å². The molecule has 7 nitrogen and oxygen atoms in total. The third kappa shape index (κ3) is 7.32. The molecule has 1 heterocycles. The highest BCUT2D eigenvalue weighted by atomic mass is 127. The predicted octanol–water partition coefficient (Wildman–Crippen LogP) is 2.75. The number of guanidine groups is 1. The van der Waals surface area contributed by atoms with E-state index in [9.17, 15) is 4.79 Å². The van der Waals surface area contributed by atoms with Crippen LogP contribution in [0.5, 0.6) is 0 Å². The van der Waals surface area contributed by atoms with Gasteiger partial charge in [-0.05, 0) is 37.5 Å². The van der Waals surface area contributed by atoms with Crippen molar-refractivity contribution >= 4 is 35.8 Å². The number of ether oxygens (including phenoxy) is 1. The lowest BCUT2D eigenvalue weighted by Gasteiger charge is -2.48. The number of aliphatic imine (C=N–C) groups is 1. The number of rotatable bonds is 7. The highest BCUT2D eigenvalue weighted by Gasteiger charge is 2.38. The van der Waals surface area contributed by atoms with Crippen LogP contribution in [0.15, 0.2) is 29.3 Å². The molecule has 0 spiro atoms. The second-order valence-electron chi connectivity index (χ2n) is 8.21. The Bertz CT molecular complexity index is 716. The second-order valence-corrected chi connectivity index (χ2v) is 8.21. The van der Waals surface area contributed by atoms with E-state index >= 15 is 0 Å². The second kappa shape index (κ2) is 13.2. The summed E-state index contributed by atoms with van der Waals surface area (Å²) in [5, 5.41) is 9.67. The largest absolute Gasteiger partial charge is 0.379 e. The Hall–Kier alpha value is -1.39. The Labute approximate surface area is 203 Å². The minimum atomic E-state index is -0.0735. The molecule has 0 bridgehead atoms. The maximum Gasteiger partial charge on any atom is 0.251 e. The van der Waals surface area contributed by atoms with Crippen molar-refractivity contribution in [1.82, 2.24) is 20.9 Å². The van der Waals surface area contributed by atoms with E-state index in [0.29, 0.717) is 12.1 Å². The first-order valence-corrected chi connectivity index (χ1v) is 11.3. The summed E-state index contributed by atoms with van der Waals surface area (Å²) in [5.41, 5.74) is 1.88. The van der Waals surface area contributed by atoms with Crippen LogP contribution >= 0.6 is 24.0 Å². The number of nitrogens with one attached hydrogen (secondary N) is 3. The van der Waals surface area contributed by atoms with Gasteiger partial charge < -0.3 is 20.7 Å². The molecule has 0 radical (unpaired) electrons. The number of amides is 1. The molecule has 0 aromatic heterocycles. The molecule has 3 N–H and O–H groups in total. The molecule has 31 heavy (non-hydrogen) atoms. The summed E-state index contributed by atoms with van der Waals surface area (Å²) >= 11 is 0. The zero-order chi connectivity index (χ0) is 21.2. The van der Waals surface area contributed by atoms with E-state index in [0.717, 1.165) is 50.9 Å². The number of hydrogen-bond donors (Lipinski definition) is 3. The van der Waals surface area contributed by atoms with Gasteiger partial charge in [0.25, 0.3) is 5.91 Å². The van der Waals surface area contributed by atoms with E-state index in [4.69, 9.17) is 9.73 Å². The number of halogens is 1. The molecule has 1 aliphatic heterocycles. The Morgan fingerprint density at radius 1 is 1.16 bits per heavy atom. The molecule has 174 valence electrons.